The molecule has 1 aromatic rings. The van der Waals surface area contributed by atoms with E-state index in [-0.39, 0.29) is 36.3 Å². The highest BCUT2D eigenvalue weighted by Crippen LogP contribution is 2.15. The summed E-state index contributed by atoms with van der Waals surface area (Å²) in [5, 5.41) is 2.79. The topological polar surface area (TPSA) is 66.5 Å². The van der Waals surface area contributed by atoms with Crippen LogP contribution in [0.4, 0.5) is 8.78 Å². The summed E-state index contributed by atoms with van der Waals surface area (Å²) in [6, 6.07) is 2.88. The Morgan fingerprint density at radius 3 is 2.62 bits per heavy atom. The van der Waals surface area contributed by atoms with Crippen LogP contribution in [0.15, 0.2) is 18.2 Å². The molecule has 1 aromatic carbocycles. The molecule has 1 N–H and O–H groups in total. The number of rotatable bonds is 5. The van der Waals surface area contributed by atoms with Gasteiger partial charge in [-0.15, -0.1) is 0 Å². The molecule has 1 aliphatic rings. The molecule has 1 atom stereocenters. The van der Waals surface area contributed by atoms with Crippen LogP contribution in [0.2, 0.25) is 0 Å². The number of halogens is 2. The fraction of sp³-hybridized carbons (Fsp3) is 0.471. The van der Waals surface area contributed by atoms with Crippen LogP contribution in [0, 0.1) is 11.6 Å². The van der Waals surface area contributed by atoms with Crippen LogP contribution in [-0.4, -0.2) is 41.6 Å². The molecule has 1 fully saturated rings. The maximum Gasteiger partial charge on any atom is 0.223 e. The van der Waals surface area contributed by atoms with Gasteiger partial charge in [-0.05, 0) is 31.0 Å². The lowest BCUT2D eigenvalue weighted by Crippen LogP contribution is -2.49. The zero-order valence-corrected chi connectivity index (χ0v) is 13.5. The lowest BCUT2D eigenvalue weighted by molar-refractivity contribution is -0.133. The van der Waals surface area contributed by atoms with Gasteiger partial charge in [-0.2, -0.15) is 0 Å². The number of likely N-dealkylation sites (tertiary alicyclic amines) is 1. The molecule has 0 spiro atoms. The highest BCUT2D eigenvalue weighted by atomic mass is 19.2. The first kappa shape index (κ1) is 18.0. The van der Waals surface area contributed by atoms with Crippen molar-refractivity contribution in [3.8, 4) is 0 Å². The van der Waals surface area contributed by atoms with Gasteiger partial charge in [0, 0.05) is 44.5 Å². The summed E-state index contributed by atoms with van der Waals surface area (Å²) in [5.41, 5.74) is 0.0523. The van der Waals surface area contributed by atoms with E-state index >= 15 is 0 Å². The van der Waals surface area contributed by atoms with Crippen molar-refractivity contribution >= 4 is 17.6 Å². The van der Waals surface area contributed by atoms with E-state index in [4.69, 9.17) is 0 Å². The Bertz CT molecular complexity index is 649. The Balaban J connectivity index is 1.86. The fourth-order valence-corrected chi connectivity index (χ4v) is 2.80. The highest BCUT2D eigenvalue weighted by molar-refractivity contribution is 5.97. The van der Waals surface area contributed by atoms with Gasteiger partial charge in [-0.1, -0.05) is 0 Å². The van der Waals surface area contributed by atoms with Crippen molar-refractivity contribution in [2.24, 2.45) is 0 Å². The normalized spacial score (nSPS) is 17.5. The number of hydrogen-bond acceptors (Lipinski definition) is 3. The second-order valence-corrected chi connectivity index (χ2v) is 5.93. The van der Waals surface area contributed by atoms with Gasteiger partial charge in [-0.25, -0.2) is 8.78 Å². The minimum Gasteiger partial charge on any atom is -0.352 e. The van der Waals surface area contributed by atoms with Gasteiger partial charge < -0.3 is 10.2 Å². The van der Waals surface area contributed by atoms with Crippen LogP contribution < -0.4 is 5.32 Å². The van der Waals surface area contributed by atoms with Crippen LogP contribution in [-0.2, 0) is 9.59 Å². The lowest BCUT2D eigenvalue weighted by atomic mass is 10.0. The second-order valence-electron chi connectivity index (χ2n) is 5.93. The van der Waals surface area contributed by atoms with E-state index in [0.29, 0.717) is 13.1 Å². The zero-order valence-electron chi connectivity index (χ0n) is 13.5. The first-order chi connectivity index (χ1) is 11.4. The molecular formula is C17H20F2N2O3. The molecule has 1 heterocycles. The Kier molecular flexibility index (Phi) is 6.00. The number of benzene rings is 1. The van der Waals surface area contributed by atoms with Crippen LogP contribution in [0.25, 0.3) is 0 Å². The summed E-state index contributed by atoms with van der Waals surface area (Å²) >= 11 is 0. The maximum absolute atomic E-state index is 13.1. The number of nitrogens with one attached hydrogen (secondary N) is 1. The third kappa shape index (κ3) is 4.84. The number of carbonyl (C=O) groups is 3. The van der Waals surface area contributed by atoms with Gasteiger partial charge in [0.05, 0.1) is 0 Å². The third-order valence-electron chi connectivity index (χ3n) is 3.99. The smallest absolute Gasteiger partial charge is 0.223 e. The Hall–Kier alpha value is -2.31. The van der Waals surface area contributed by atoms with Crippen LogP contribution >= 0.6 is 0 Å². The second kappa shape index (κ2) is 7.99. The first-order valence-corrected chi connectivity index (χ1v) is 7.90. The van der Waals surface area contributed by atoms with E-state index in [2.05, 4.69) is 5.32 Å². The SMILES string of the molecule is CC(=O)N[C@H]1CCCN(C(=O)CCC(=O)c2ccc(F)c(F)c2)C1. The van der Waals surface area contributed by atoms with E-state index in [9.17, 15) is 23.2 Å². The van der Waals surface area contributed by atoms with Crippen molar-refractivity contribution in [3.05, 3.63) is 35.4 Å². The molecule has 24 heavy (non-hydrogen) atoms. The summed E-state index contributed by atoms with van der Waals surface area (Å²) < 4.78 is 26.0. The van der Waals surface area contributed by atoms with Gasteiger partial charge in [0.15, 0.2) is 17.4 Å². The summed E-state index contributed by atoms with van der Waals surface area (Å²) in [5.74, 6) is -2.82. The summed E-state index contributed by atoms with van der Waals surface area (Å²) in [6.07, 6.45) is 1.54. The summed E-state index contributed by atoms with van der Waals surface area (Å²) in [4.78, 5) is 36.9. The Labute approximate surface area is 139 Å². The Morgan fingerprint density at radius 1 is 1.21 bits per heavy atom. The molecule has 2 amide bonds. The minimum absolute atomic E-state index is 0.00458. The van der Waals surface area contributed by atoms with Crippen molar-refractivity contribution in [2.75, 3.05) is 13.1 Å². The number of piperidine rings is 1. The van der Waals surface area contributed by atoms with E-state index in [1.807, 2.05) is 0 Å². The zero-order chi connectivity index (χ0) is 17.7. The van der Waals surface area contributed by atoms with Crippen molar-refractivity contribution in [2.45, 2.75) is 38.6 Å². The summed E-state index contributed by atoms with van der Waals surface area (Å²) in [7, 11) is 0. The number of hydrogen-bond donors (Lipinski definition) is 1. The van der Waals surface area contributed by atoms with E-state index in [1.165, 1.54) is 13.0 Å². The molecule has 1 aliphatic heterocycles. The molecular weight excluding hydrogens is 318 g/mol. The predicted octanol–water partition coefficient (Wildman–Crippen LogP) is 2.05. The van der Waals surface area contributed by atoms with Crippen LogP contribution in [0.3, 0.4) is 0 Å². The van der Waals surface area contributed by atoms with Crippen molar-refractivity contribution < 1.29 is 23.2 Å². The molecule has 0 unspecified atom stereocenters. The van der Waals surface area contributed by atoms with Crippen molar-refractivity contribution in [3.63, 3.8) is 0 Å². The number of amides is 2. The highest BCUT2D eigenvalue weighted by Gasteiger charge is 2.24. The van der Waals surface area contributed by atoms with Crippen LogP contribution in [0.1, 0.15) is 43.0 Å². The number of ketones is 1. The molecule has 0 bridgehead atoms. The van der Waals surface area contributed by atoms with E-state index < -0.39 is 17.4 Å². The molecule has 0 saturated carbocycles. The fourth-order valence-electron chi connectivity index (χ4n) is 2.80. The lowest BCUT2D eigenvalue weighted by Gasteiger charge is -2.33. The van der Waals surface area contributed by atoms with E-state index in [1.54, 1.807) is 4.90 Å². The standard InChI is InChI=1S/C17H20F2N2O3/c1-11(22)20-13-3-2-8-21(10-13)17(24)7-6-16(23)12-4-5-14(18)15(19)9-12/h4-5,9,13H,2-3,6-8,10H2,1H3,(H,20,22)/t13-/m0/s1. The molecule has 0 aliphatic carbocycles. The Morgan fingerprint density at radius 2 is 1.96 bits per heavy atom. The molecule has 5 nitrogen and oxygen atoms in total. The average Bonchev–Trinajstić information content (AvgIpc) is 2.54. The monoisotopic (exact) mass is 338 g/mol. The molecule has 7 heteroatoms. The quantitative estimate of drug-likeness (QED) is 0.836. The minimum atomic E-state index is -1.08. The van der Waals surface area contributed by atoms with Gasteiger partial charge in [0.2, 0.25) is 11.8 Å². The molecule has 2 rings (SSSR count). The van der Waals surface area contributed by atoms with Gasteiger partial charge in [-0.3, -0.25) is 14.4 Å². The van der Waals surface area contributed by atoms with Gasteiger partial charge in [0.25, 0.3) is 0 Å². The van der Waals surface area contributed by atoms with Crippen molar-refractivity contribution in [1.29, 1.82) is 0 Å². The molecule has 1 saturated heterocycles. The van der Waals surface area contributed by atoms with E-state index in [0.717, 1.165) is 25.0 Å². The third-order valence-corrected chi connectivity index (χ3v) is 3.99. The maximum atomic E-state index is 13.1. The van der Waals surface area contributed by atoms with Gasteiger partial charge >= 0.3 is 0 Å². The van der Waals surface area contributed by atoms with Crippen LogP contribution in [0.5, 0.6) is 0 Å². The molecule has 0 radical (unpaired) electrons. The predicted molar refractivity (Wildman–Crippen MR) is 83.3 cm³/mol. The summed E-state index contributed by atoms with van der Waals surface area (Å²) in [6.45, 7) is 2.45. The number of carbonyl (C=O) groups excluding carboxylic acids is 3. The van der Waals surface area contributed by atoms with Gasteiger partial charge in [0.1, 0.15) is 0 Å². The molecule has 0 aromatic heterocycles. The van der Waals surface area contributed by atoms with Crippen molar-refractivity contribution in [1.82, 2.24) is 10.2 Å². The number of nitrogens with zero attached hydrogens (tertiary/aromatic N) is 1. The first-order valence-electron chi connectivity index (χ1n) is 7.90. The largest absolute Gasteiger partial charge is 0.352 e. The number of Topliss-reactive ketones (excluding diaryl/α,β-unsaturated/α-hetero) is 1. The average molecular weight is 338 g/mol. The molecule has 130 valence electrons.